The van der Waals surface area contributed by atoms with Crippen molar-refractivity contribution in [3.8, 4) is 0 Å². The van der Waals surface area contributed by atoms with Crippen LogP contribution in [0.15, 0.2) is 24.4 Å². The van der Waals surface area contributed by atoms with Gasteiger partial charge in [0, 0.05) is 34.9 Å². The Morgan fingerprint density at radius 3 is 2.83 bits per heavy atom. The summed E-state index contributed by atoms with van der Waals surface area (Å²) in [6, 6.07) is 4.87. The SMILES string of the molecule is Cc1[nH]ncc1CNCC(c1c(F)cccc1Cl)N1CCCC1. The molecule has 1 aliphatic heterocycles. The minimum Gasteiger partial charge on any atom is -0.311 e. The lowest BCUT2D eigenvalue weighted by Gasteiger charge is -2.29. The van der Waals surface area contributed by atoms with E-state index >= 15 is 0 Å². The van der Waals surface area contributed by atoms with Crippen molar-refractivity contribution in [1.82, 2.24) is 20.4 Å². The Kier molecular flexibility index (Phi) is 5.30. The van der Waals surface area contributed by atoms with Crippen LogP contribution >= 0.6 is 11.6 Å². The van der Waals surface area contributed by atoms with Crippen molar-refractivity contribution in [1.29, 1.82) is 0 Å². The number of H-pyrrole nitrogens is 1. The maximum Gasteiger partial charge on any atom is 0.129 e. The summed E-state index contributed by atoms with van der Waals surface area (Å²) in [7, 11) is 0. The van der Waals surface area contributed by atoms with Crippen LogP contribution in [0.25, 0.3) is 0 Å². The predicted octanol–water partition coefficient (Wildman–Crippen LogP) is 3.44. The first-order valence-corrected chi connectivity index (χ1v) is 8.42. The predicted molar refractivity (Wildman–Crippen MR) is 90.0 cm³/mol. The monoisotopic (exact) mass is 336 g/mol. The van der Waals surface area contributed by atoms with Crippen LogP contribution in [0.5, 0.6) is 0 Å². The van der Waals surface area contributed by atoms with E-state index in [0.717, 1.165) is 37.2 Å². The molecule has 1 unspecified atom stereocenters. The van der Waals surface area contributed by atoms with Gasteiger partial charge in [0.25, 0.3) is 0 Å². The number of hydrogen-bond acceptors (Lipinski definition) is 3. The second kappa shape index (κ2) is 7.43. The molecule has 0 saturated carbocycles. The summed E-state index contributed by atoms with van der Waals surface area (Å²) in [5, 5.41) is 10.9. The Hall–Kier alpha value is -1.43. The Morgan fingerprint density at radius 1 is 1.39 bits per heavy atom. The van der Waals surface area contributed by atoms with Gasteiger partial charge in [0.05, 0.1) is 12.2 Å². The molecule has 124 valence electrons. The van der Waals surface area contributed by atoms with E-state index in [1.54, 1.807) is 12.1 Å². The standard InChI is InChI=1S/C17H22ClFN4/c1-12-13(10-21-22-12)9-20-11-16(23-7-2-3-8-23)17-14(18)5-4-6-15(17)19/h4-6,10,16,20H,2-3,7-9,11H2,1H3,(H,21,22). The number of nitrogens with zero attached hydrogens (tertiary/aromatic N) is 2. The molecule has 2 N–H and O–H groups in total. The van der Waals surface area contributed by atoms with Crippen LogP contribution in [-0.2, 0) is 6.54 Å². The highest BCUT2D eigenvalue weighted by atomic mass is 35.5. The molecule has 1 aromatic carbocycles. The van der Waals surface area contributed by atoms with E-state index in [4.69, 9.17) is 11.6 Å². The first-order valence-electron chi connectivity index (χ1n) is 8.04. The Labute approximate surface area is 141 Å². The molecule has 0 amide bonds. The molecule has 1 saturated heterocycles. The molecule has 1 fully saturated rings. The Morgan fingerprint density at radius 2 is 2.17 bits per heavy atom. The number of halogens is 2. The van der Waals surface area contributed by atoms with Crippen LogP contribution in [0.3, 0.4) is 0 Å². The zero-order valence-electron chi connectivity index (χ0n) is 13.3. The van der Waals surface area contributed by atoms with E-state index in [0.29, 0.717) is 23.7 Å². The van der Waals surface area contributed by atoms with Gasteiger partial charge in [-0.15, -0.1) is 0 Å². The molecule has 2 aromatic rings. The van der Waals surface area contributed by atoms with E-state index in [9.17, 15) is 4.39 Å². The second-order valence-corrected chi connectivity index (χ2v) is 6.45. The Balaban J connectivity index is 1.75. The first kappa shape index (κ1) is 16.4. The van der Waals surface area contributed by atoms with Gasteiger partial charge in [0.15, 0.2) is 0 Å². The summed E-state index contributed by atoms with van der Waals surface area (Å²) >= 11 is 6.30. The second-order valence-electron chi connectivity index (χ2n) is 6.05. The van der Waals surface area contributed by atoms with E-state index < -0.39 is 0 Å². The van der Waals surface area contributed by atoms with Crippen molar-refractivity contribution >= 4 is 11.6 Å². The van der Waals surface area contributed by atoms with E-state index in [-0.39, 0.29) is 11.9 Å². The van der Waals surface area contributed by atoms with Crippen LogP contribution in [0.4, 0.5) is 4.39 Å². The van der Waals surface area contributed by atoms with Gasteiger partial charge in [-0.3, -0.25) is 10.00 Å². The molecule has 1 aliphatic rings. The maximum atomic E-state index is 14.4. The topological polar surface area (TPSA) is 44.0 Å². The number of likely N-dealkylation sites (tertiary alicyclic amines) is 1. The summed E-state index contributed by atoms with van der Waals surface area (Å²) < 4.78 is 14.4. The third-order valence-corrected chi connectivity index (χ3v) is 4.83. The number of rotatable bonds is 6. The van der Waals surface area contributed by atoms with Gasteiger partial charge in [0.1, 0.15) is 5.82 Å². The number of aryl methyl sites for hydroxylation is 1. The molecule has 6 heteroatoms. The lowest BCUT2D eigenvalue weighted by Crippen LogP contribution is -2.34. The quantitative estimate of drug-likeness (QED) is 0.849. The maximum absolute atomic E-state index is 14.4. The van der Waals surface area contributed by atoms with Crippen LogP contribution < -0.4 is 5.32 Å². The fourth-order valence-electron chi connectivity index (χ4n) is 3.19. The zero-order valence-corrected chi connectivity index (χ0v) is 14.0. The summed E-state index contributed by atoms with van der Waals surface area (Å²) in [5.41, 5.74) is 2.79. The molecule has 0 bridgehead atoms. The molecule has 2 heterocycles. The average Bonchev–Trinajstić information content (AvgIpc) is 3.17. The van der Waals surface area contributed by atoms with Gasteiger partial charge >= 0.3 is 0 Å². The number of nitrogens with one attached hydrogen (secondary N) is 2. The van der Waals surface area contributed by atoms with Crippen LogP contribution in [0.1, 0.15) is 35.7 Å². The molecular formula is C17H22ClFN4. The summed E-state index contributed by atoms with van der Waals surface area (Å²) in [5.74, 6) is -0.226. The highest BCUT2D eigenvalue weighted by Gasteiger charge is 2.27. The molecule has 3 rings (SSSR count). The van der Waals surface area contributed by atoms with Gasteiger partial charge in [-0.2, -0.15) is 5.10 Å². The minimum atomic E-state index is -0.226. The molecule has 1 atom stereocenters. The lowest BCUT2D eigenvalue weighted by molar-refractivity contribution is 0.233. The van der Waals surface area contributed by atoms with Crippen molar-refractivity contribution in [2.45, 2.75) is 32.4 Å². The normalized spacial score (nSPS) is 16.8. The third-order valence-electron chi connectivity index (χ3n) is 4.50. The molecule has 0 aliphatic carbocycles. The first-order chi connectivity index (χ1) is 11.2. The van der Waals surface area contributed by atoms with Gasteiger partial charge < -0.3 is 5.32 Å². The molecule has 4 nitrogen and oxygen atoms in total. The van der Waals surface area contributed by atoms with E-state index in [1.165, 1.54) is 6.07 Å². The minimum absolute atomic E-state index is 0.0431. The molecule has 0 radical (unpaired) electrons. The number of aromatic nitrogens is 2. The fourth-order valence-corrected chi connectivity index (χ4v) is 3.48. The number of hydrogen-bond donors (Lipinski definition) is 2. The summed E-state index contributed by atoms with van der Waals surface area (Å²) in [4.78, 5) is 2.32. The van der Waals surface area contributed by atoms with Gasteiger partial charge in [-0.05, 0) is 45.0 Å². The molecule has 23 heavy (non-hydrogen) atoms. The van der Waals surface area contributed by atoms with E-state index in [1.807, 2.05) is 13.1 Å². The zero-order chi connectivity index (χ0) is 16.2. The van der Waals surface area contributed by atoms with Crippen molar-refractivity contribution in [2.75, 3.05) is 19.6 Å². The number of aromatic amines is 1. The molecule has 1 aromatic heterocycles. The largest absolute Gasteiger partial charge is 0.311 e. The third kappa shape index (κ3) is 3.74. The highest BCUT2D eigenvalue weighted by molar-refractivity contribution is 6.31. The van der Waals surface area contributed by atoms with Gasteiger partial charge in [0.2, 0.25) is 0 Å². The van der Waals surface area contributed by atoms with Crippen LogP contribution in [-0.4, -0.2) is 34.7 Å². The van der Waals surface area contributed by atoms with Crippen molar-refractivity contribution in [2.24, 2.45) is 0 Å². The molecule has 0 spiro atoms. The summed E-state index contributed by atoms with van der Waals surface area (Å²) in [6.45, 7) is 5.34. The van der Waals surface area contributed by atoms with Gasteiger partial charge in [-0.25, -0.2) is 4.39 Å². The highest BCUT2D eigenvalue weighted by Crippen LogP contribution is 2.32. The van der Waals surface area contributed by atoms with Gasteiger partial charge in [-0.1, -0.05) is 17.7 Å². The lowest BCUT2D eigenvalue weighted by atomic mass is 10.0. The molecular weight excluding hydrogens is 315 g/mol. The smallest absolute Gasteiger partial charge is 0.129 e. The van der Waals surface area contributed by atoms with Crippen LogP contribution in [0.2, 0.25) is 5.02 Å². The van der Waals surface area contributed by atoms with Crippen LogP contribution in [0, 0.1) is 12.7 Å². The summed E-state index contributed by atoms with van der Waals surface area (Å²) in [6.07, 6.45) is 4.14. The van der Waals surface area contributed by atoms with Crippen molar-refractivity contribution in [3.63, 3.8) is 0 Å². The van der Waals surface area contributed by atoms with Crippen molar-refractivity contribution < 1.29 is 4.39 Å². The fraction of sp³-hybridized carbons (Fsp3) is 0.471. The van der Waals surface area contributed by atoms with E-state index in [2.05, 4.69) is 20.4 Å². The number of benzene rings is 1. The Bertz CT molecular complexity index is 632. The average molecular weight is 337 g/mol. The van der Waals surface area contributed by atoms with Crippen molar-refractivity contribution in [3.05, 3.63) is 52.1 Å².